The minimum atomic E-state index is -0.0959. The van der Waals surface area contributed by atoms with Crippen LogP contribution in [0.3, 0.4) is 0 Å². The van der Waals surface area contributed by atoms with E-state index in [1.807, 2.05) is 43.3 Å². The Morgan fingerprint density at radius 2 is 1.71 bits per heavy atom. The normalized spacial score (nSPS) is 14.2. The summed E-state index contributed by atoms with van der Waals surface area (Å²) in [6.07, 6.45) is 1.12. The number of aromatic nitrogens is 2. The molecule has 2 aromatic carbocycles. The summed E-state index contributed by atoms with van der Waals surface area (Å²) in [4.78, 5) is 27.8. The van der Waals surface area contributed by atoms with Crippen molar-refractivity contribution in [2.24, 2.45) is 0 Å². The van der Waals surface area contributed by atoms with Crippen LogP contribution in [0.4, 0.5) is 11.4 Å². The van der Waals surface area contributed by atoms with Gasteiger partial charge in [0, 0.05) is 44.0 Å². The number of carbonyl (C=O) groups is 1. The Morgan fingerprint density at radius 3 is 2.35 bits per heavy atom. The summed E-state index contributed by atoms with van der Waals surface area (Å²) in [5, 5.41) is 3.01. The topological polar surface area (TPSA) is 68.5 Å². The summed E-state index contributed by atoms with van der Waals surface area (Å²) in [5.41, 5.74) is 4.72. The first-order valence-electron chi connectivity index (χ1n) is 11.0. The number of fused-ring (bicyclic) bond motifs is 1. The highest BCUT2D eigenvalue weighted by molar-refractivity contribution is 5.91. The number of morpholine rings is 1. The quantitative estimate of drug-likeness (QED) is 0.634. The molecular weight excluding hydrogens is 392 g/mol. The monoisotopic (exact) mass is 422 g/mol. The predicted octanol–water partition coefficient (Wildman–Crippen LogP) is 3.39. The van der Waals surface area contributed by atoms with Crippen molar-refractivity contribution in [3.8, 4) is 0 Å². The minimum Gasteiger partial charge on any atom is -0.378 e. The summed E-state index contributed by atoms with van der Waals surface area (Å²) in [6.45, 7) is 8.33. The van der Waals surface area contributed by atoms with E-state index in [0.29, 0.717) is 13.1 Å². The Morgan fingerprint density at radius 1 is 1.03 bits per heavy atom. The van der Waals surface area contributed by atoms with E-state index in [0.717, 1.165) is 60.7 Å². The van der Waals surface area contributed by atoms with Crippen LogP contribution in [0.5, 0.6) is 0 Å². The minimum absolute atomic E-state index is 0.0538. The number of rotatable bonds is 7. The van der Waals surface area contributed by atoms with E-state index < -0.39 is 0 Å². The number of nitrogens with zero attached hydrogens (tertiary/aromatic N) is 3. The summed E-state index contributed by atoms with van der Waals surface area (Å²) >= 11 is 0. The van der Waals surface area contributed by atoms with Crippen LogP contribution in [0.1, 0.15) is 25.3 Å². The van der Waals surface area contributed by atoms with Crippen molar-refractivity contribution in [2.75, 3.05) is 36.5 Å². The summed E-state index contributed by atoms with van der Waals surface area (Å²) < 4.78 is 8.92. The third-order valence-corrected chi connectivity index (χ3v) is 5.80. The van der Waals surface area contributed by atoms with Crippen molar-refractivity contribution in [1.29, 1.82) is 0 Å². The lowest BCUT2D eigenvalue weighted by molar-refractivity contribution is -0.116. The molecule has 0 atom stereocenters. The maximum atomic E-state index is 12.9. The molecule has 3 aromatic rings. The number of imidazole rings is 1. The van der Waals surface area contributed by atoms with Gasteiger partial charge in [-0.25, -0.2) is 4.79 Å². The molecule has 0 bridgehead atoms. The van der Waals surface area contributed by atoms with E-state index in [9.17, 15) is 9.59 Å². The van der Waals surface area contributed by atoms with Gasteiger partial charge in [-0.2, -0.15) is 0 Å². The van der Waals surface area contributed by atoms with Gasteiger partial charge in [0.1, 0.15) is 0 Å². The Balaban J connectivity index is 1.44. The predicted molar refractivity (Wildman–Crippen MR) is 124 cm³/mol. The Kier molecular flexibility index (Phi) is 6.42. The van der Waals surface area contributed by atoms with Crippen LogP contribution < -0.4 is 15.9 Å². The first-order valence-corrected chi connectivity index (χ1v) is 11.0. The summed E-state index contributed by atoms with van der Waals surface area (Å²) in [7, 11) is 0. The van der Waals surface area contributed by atoms with Gasteiger partial charge < -0.3 is 15.0 Å². The molecular formula is C24H30N4O3. The molecule has 1 amide bonds. The molecule has 1 fully saturated rings. The number of amides is 1. The molecule has 1 aliphatic heterocycles. The second kappa shape index (κ2) is 9.39. The Hall–Kier alpha value is -3.06. The number of benzene rings is 2. The third-order valence-electron chi connectivity index (χ3n) is 5.80. The molecule has 0 saturated carbocycles. The molecule has 0 unspecified atom stereocenters. The average Bonchev–Trinajstić information content (AvgIpc) is 3.05. The van der Waals surface area contributed by atoms with Gasteiger partial charge >= 0.3 is 5.69 Å². The van der Waals surface area contributed by atoms with Gasteiger partial charge in [0.25, 0.3) is 0 Å². The lowest BCUT2D eigenvalue weighted by Gasteiger charge is -2.29. The van der Waals surface area contributed by atoms with E-state index in [1.54, 1.807) is 9.13 Å². The highest BCUT2D eigenvalue weighted by Gasteiger charge is 2.15. The zero-order valence-electron chi connectivity index (χ0n) is 18.3. The van der Waals surface area contributed by atoms with Gasteiger partial charge in [-0.05, 0) is 49.2 Å². The first-order chi connectivity index (χ1) is 15.1. The number of nitrogens with one attached hydrogen (secondary N) is 1. The number of ether oxygens (including phenoxy) is 1. The molecule has 1 saturated heterocycles. The second-order valence-electron chi connectivity index (χ2n) is 7.97. The van der Waals surface area contributed by atoms with Crippen LogP contribution in [0.15, 0.2) is 47.3 Å². The lowest BCUT2D eigenvalue weighted by Crippen LogP contribution is -2.36. The molecule has 0 radical (unpaired) electrons. The average molecular weight is 423 g/mol. The molecule has 4 rings (SSSR count). The number of anilines is 2. The molecule has 7 heteroatoms. The number of para-hydroxylation sites is 2. The fourth-order valence-corrected chi connectivity index (χ4v) is 4.16. The molecule has 164 valence electrons. The SMILES string of the molecule is CCCn1c(=O)n(CCC(=O)Nc2ccc(N3CCOCC3)cc2C)c2ccccc21. The van der Waals surface area contributed by atoms with E-state index in [-0.39, 0.29) is 18.0 Å². The smallest absolute Gasteiger partial charge is 0.329 e. The van der Waals surface area contributed by atoms with Crippen LogP contribution in [-0.2, 0) is 22.6 Å². The van der Waals surface area contributed by atoms with E-state index in [4.69, 9.17) is 4.74 Å². The Labute approximate surface area is 182 Å². The van der Waals surface area contributed by atoms with E-state index >= 15 is 0 Å². The fraction of sp³-hybridized carbons (Fsp3) is 0.417. The molecule has 7 nitrogen and oxygen atoms in total. The van der Waals surface area contributed by atoms with Crippen LogP contribution in [0.2, 0.25) is 0 Å². The highest BCUT2D eigenvalue weighted by atomic mass is 16.5. The molecule has 1 aliphatic rings. The van der Waals surface area contributed by atoms with E-state index in [2.05, 4.69) is 23.2 Å². The molecule has 31 heavy (non-hydrogen) atoms. The summed E-state index contributed by atoms with van der Waals surface area (Å²) in [6, 6.07) is 13.9. The molecule has 2 heterocycles. The maximum absolute atomic E-state index is 12.9. The number of hydrogen-bond donors (Lipinski definition) is 1. The van der Waals surface area contributed by atoms with Crippen molar-refractivity contribution in [2.45, 2.75) is 39.8 Å². The van der Waals surface area contributed by atoms with Crippen LogP contribution in [0.25, 0.3) is 11.0 Å². The van der Waals surface area contributed by atoms with Crippen LogP contribution >= 0.6 is 0 Å². The third kappa shape index (κ3) is 4.51. The van der Waals surface area contributed by atoms with Gasteiger partial charge in [0.2, 0.25) is 5.91 Å². The highest BCUT2D eigenvalue weighted by Crippen LogP contribution is 2.23. The number of aryl methyl sites for hydroxylation is 3. The number of hydrogen-bond acceptors (Lipinski definition) is 4. The second-order valence-corrected chi connectivity index (χ2v) is 7.97. The first kappa shape index (κ1) is 21.2. The molecule has 0 aliphatic carbocycles. The van der Waals surface area contributed by atoms with Crippen molar-refractivity contribution in [3.63, 3.8) is 0 Å². The standard InChI is InChI=1S/C24H30N4O3/c1-3-11-27-21-6-4-5-7-22(21)28(24(27)30)12-10-23(29)25-20-9-8-19(17-18(20)2)26-13-15-31-16-14-26/h4-9,17H,3,10-16H2,1-2H3,(H,25,29). The lowest BCUT2D eigenvalue weighted by atomic mass is 10.1. The van der Waals surface area contributed by atoms with Crippen molar-refractivity contribution in [1.82, 2.24) is 9.13 Å². The van der Waals surface area contributed by atoms with Gasteiger partial charge in [-0.1, -0.05) is 19.1 Å². The zero-order valence-corrected chi connectivity index (χ0v) is 18.3. The van der Waals surface area contributed by atoms with Crippen LogP contribution in [0, 0.1) is 6.92 Å². The molecule has 1 aromatic heterocycles. The molecule has 0 spiro atoms. The van der Waals surface area contributed by atoms with Crippen molar-refractivity contribution >= 4 is 28.3 Å². The number of carbonyl (C=O) groups excluding carboxylic acids is 1. The Bertz CT molecular complexity index is 1130. The maximum Gasteiger partial charge on any atom is 0.329 e. The van der Waals surface area contributed by atoms with Gasteiger partial charge in [-0.3, -0.25) is 13.9 Å². The van der Waals surface area contributed by atoms with Crippen molar-refractivity contribution in [3.05, 3.63) is 58.5 Å². The molecule has 1 N–H and O–H groups in total. The van der Waals surface area contributed by atoms with Gasteiger partial charge in [-0.15, -0.1) is 0 Å². The van der Waals surface area contributed by atoms with Crippen LogP contribution in [-0.4, -0.2) is 41.3 Å². The van der Waals surface area contributed by atoms with E-state index in [1.165, 1.54) is 0 Å². The van der Waals surface area contributed by atoms with Gasteiger partial charge in [0.05, 0.1) is 24.2 Å². The summed E-state index contributed by atoms with van der Waals surface area (Å²) in [5.74, 6) is -0.0959. The largest absolute Gasteiger partial charge is 0.378 e. The van der Waals surface area contributed by atoms with Gasteiger partial charge in [0.15, 0.2) is 0 Å². The fourth-order valence-electron chi connectivity index (χ4n) is 4.16. The van der Waals surface area contributed by atoms with Crippen molar-refractivity contribution < 1.29 is 9.53 Å². The zero-order chi connectivity index (χ0) is 21.8.